The SMILES string of the molecule is Cc1c(Cl)cccc1CN1CCCC(N)C1. The fourth-order valence-corrected chi connectivity index (χ4v) is 2.49. The van der Waals surface area contributed by atoms with Crippen LogP contribution in [0.4, 0.5) is 0 Å². The van der Waals surface area contributed by atoms with Crippen molar-refractivity contribution in [2.75, 3.05) is 13.1 Å². The van der Waals surface area contributed by atoms with Crippen LogP contribution in [0.2, 0.25) is 5.02 Å². The maximum Gasteiger partial charge on any atom is 0.0438 e. The Labute approximate surface area is 102 Å². The molecule has 2 rings (SSSR count). The van der Waals surface area contributed by atoms with E-state index < -0.39 is 0 Å². The fraction of sp³-hybridized carbons (Fsp3) is 0.538. The molecule has 0 amide bonds. The van der Waals surface area contributed by atoms with Gasteiger partial charge >= 0.3 is 0 Å². The third-order valence-electron chi connectivity index (χ3n) is 3.32. The van der Waals surface area contributed by atoms with Gasteiger partial charge in [-0.2, -0.15) is 0 Å². The van der Waals surface area contributed by atoms with Crippen molar-refractivity contribution in [3.8, 4) is 0 Å². The molecule has 0 saturated carbocycles. The number of nitrogens with two attached hydrogens (primary N) is 1. The van der Waals surface area contributed by atoms with E-state index in [-0.39, 0.29) is 0 Å². The molecule has 1 heterocycles. The lowest BCUT2D eigenvalue weighted by Crippen LogP contribution is -2.42. The second-order valence-corrected chi connectivity index (χ2v) is 5.07. The molecule has 3 heteroatoms. The first-order valence-corrected chi connectivity index (χ1v) is 6.26. The number of likely N-dealkylation sites (tertiary alicyclic amines) is 1. The molecule has 0 aliphatic carbocycles. The van der Waals surface area contributed by atoms with Crippen LogP contribution in [0.15, 0.2) is 18.2 Å². The Kier molecular flexibility index (Phi) is 3.85. The lowest BCUT2D eigenvalue weighted by molar-refractivity contribution is 0.201. The lowest BCUT2D eigenvalue weighted by Gasteiger charge is -2.31. The normalized spacial score (nSPS) is 22.3. The molecule has 1 atom stereocenters. The van der Waals surface area contributed by atoms with E-state index >= 15 is 0 Å². The molecular weight excluding hydrogens is 220 g/mol. The van der Waals surface area contributed by atoms with Crippen LogP contribution in [0, 0.1) is 6.92 Å². The van der Waals surface area contributed by atoms with E-state index in [9.17, 15) is 0 Å². The van der Waals surface area contributed by atoms with Crippen molar-refractivity contribution in [3.05, 3.63) is 34.3 Å². The summed E-state index contributed by atoms with van der Waals surface area (Å²) in [4.78, 5) is 2.42. The molecule has 1 aromatic carbocycles. The predicted molar refractivity (Wildman–Crippen MR) is 68.7 cm³/mol. The molecular formula is C13H19ClN2. The van der Waals surface area contributed by atoms with Gasteiger partial charge in [0.1, 0.15) is 0 Å². The Bertz CT molecular complexity index is 365. The summed E-state index contributed by atoms with van der Waals surface area (Å²) in [5.41, 5.74) is 8.50. The van der Waals surface area contributed by atoms with Gasteiger partial charge in [0.2, 0.25) is 0 Å². The number of hydrogen-bond acceptors (Lipinski definition) is 2. The second-order valence-electron chi connectivity index (χ2n) is 4.66. The molecule has 88 valence electrons. The summed E-state index contributed by atoms with van der Waals surface area (Å²) < 4.78 is 0. The molecule has 2 nitrogen and oxygen atoms in total. The van der Waals surface area contributed by atoms with E-state index in [1.165, 1.54) is 17.5 Å². The van der Waals surface area contributed by atoms with E-state index in [0.29, 0.717) is 6.04 Å². The van der Waals surface area contributed by atoms with Gasteiger partial charge in [-0.05, 0) is 43.5 Å². The molecule has 0 radical (unpaired) electrons. The highest BCUT2D eigenvalue weighted by atomic mass is 35.5. The minimum atomic E-state index is 0.341. The van der Waals surface area contributed by atoms with Crippen molar-refractivity contribution in [3.63, 3.8) is 0 Å². The van der Waals surface area contributed by atoms with Gasteiger partial charge in [0.25, 0.3) is 0 Å². The summed E-state index contributed by atoms with van der Waals surface area (Å²) in [5, 5.41) is 0.860. The number of nitrogens with zero attached hydrogens (tertiary/aromatic N) is 1. The smallest absolute Gasteiger partial charge is 0.0438 e. The van der Waals surface area contributed by atoms with Gasteiger partial charge in [-0.3, -0.25) is 4.90 Å². The standard InChI is InChI=1S/C13H19ClN2/c1-10-11(4-2-6-13(10)14)8-16-7-3-5-12(15)9-16/h2,4,6,12H,3,5,7-9,15H2,1H3. The van der Waals surface area contributed by atoms with Gasteiger partial charge in [0.15, 0.2) is 0 Å². The Hall–Kier alpha value is -0.570. The highest BCUT2D eigenvalue weighted by molar-refractivity contribution is 6.31. The minimum absolute atomic E-state index is 0.341. The third-order valence-corrected chi connectivity index (χ3v) is 3.73. The van der Waals surface area contributed by atoms with Crippen molar-refractivity contribution in [2.24, 2.45) is 5.73 Å². The van der Waals surface area contributed by atoms with Crippen LogP contribution in [-0.4, -0.2) is 24.0 Å². The van der Waals surface area contributed by atoms with Crippen molar-refractivity contribution in [1.29, 1.82) is 0 Å². The van der Waals surface area contributed by atoms with E-state index in [2.05, 4.69) is 17.9 Å². The van der Waals surface area contributed by atoms with Crippen LogP contribution in [0.5, 0.6) is 0 Å². The molecule has 1 saturated heterocycles. The zero-order chi connectivity index (χ0) is 11.5. The highest BCUT2D eigenvalue weighted by Gasteiger charge is 2.17. The summed E-state index contributed by atoms with van der Waals surface area (Å²) in [6.07, 6.45) is 2.37. The maximum absolute atomic E-state index is 6.12. The largest absolute Gasteiger partial charge is 0.327 e. The van der Waals surface area contributed by atoms with Gasteiger partial charge in [-0.15, -0.1) is 0 Å². The molecule has 0 spiro atoms. The number of rotatable bonds is 2. The van der Waals surface area contributed by atoms with Crippen LogP contribution in [0.1, 0.15) is 24.0 Å². The molecule has 1 aliphatic heterocycles. The third kappa shape index (κ3) is 2.76. The van der Waals surface area contributed by atoms with Crippen LogP contribution in [-0.2, 0) is 6.54 Å². The summed E-state index contributed by atoms with van der Waals surface area (Å²) in [6.45, 7) is 5.22. The average Bonchev–Trinajstić information content (AvgIpc) is 2.25. The Balaban J connectivity index is 2.05. The van der Waals surface area contributed by atoms with E-state index in [0.717, 1.165) is 31.1 Å². The summed E-state index contributed by atoms with van der Waals surface area (Å²) in [5.74, 6) is 0. The fourth-order valence-electron chi connectivity index (χ4n) is 2.30. The van der Waals surface area contributed by atoms with Gasteiger partial charge in [-0.1, -0.05) is 23.7 Å². The van der Waals surface area contributed by atoms with Gasteiger partial charge < -0.3 is 5.73 Å². The van der Waals surface area contributed by atoms with Crippen LogP contribution in [0.3, 0.4) is 0 Å². The zero-order valence-electron chi connectivity index (χ0n) is 9.75. The Morgan fingerprint density at radius 2 is 2.31 bits per heavy atom. The van der Waals surface area contributed by atoms with E-state index in [1.807, 2.05) is 12.1 Å². The highest BCUT2D eigenvalue weighted by Crippen LogP contribution is 2.21. The van der Waals surface area contributed by atoms with Gasteiger partial charge in [-0.25, -0.2) is 0 Å². The summed E-state index contributed by atoms with van der Waals surface area (Å²) in [6, 6.07) is 6.46. The molecule has 16 heavy (non-hydrogen) atoms. The molecule has 2 N–H and O–H groups in total. The van der Waals surface area contributed by atoms with Crippen molar-refractivity contribution in [1.82, 2.24) is 4.90 Å². The number of benzene rings is 1. The van der Waals surface area contributed by atoms with Gasteiger partial charge in [0, 0.05) is 24.2 Å². The van der Waals surface area contributed by atoms with Crippen molar-refractivity contribution >= 4 is 11.6 Å². The first kappa shape index (κ1) is 11.9. The first-order valence-electron chi connectivity index (χ1n) is 5.89. The quantitative estimate of drug-likeness (QED) is 0.858. The monoisotopic (exact) mass is 238 g/mol. The molecule has 1 aromatic rings. The zero-order valence-corrected chi connectivity index (χ0v) is 10.5. The van der Waals surface area contributed by atoms with Crippen molar-refractivity contribution in [2.45, 2.75) is 32.4 Å². The maximum atomic E-state index is 6.12. The van der Waals surface area contributed by atoms with Crippen LogP contribution >= 0.6 is 11.6 Å². The number of halogens is 1. The molecule has 1 aliphatic rings. The summed E-state index contributed by atoms with van der Waals surface area (Å²) in [7, 11) is 0. The number of hydrogen-bond donors (Lipinski definition) is 1. The average molecular weight is 239 g/mol. The first-order chi connectivity index (χ1) is 7.66. The van der Waals surface area contributed by atoms with Crippen molar-refractivity contribution < 1.29 is 0 Å². The molecule has 0 aromatic heterocycles. The van der Waals surface area contributed by atoms with E-state index in [1.54, 1.807) is 0 Å². The van der Waals surface area contributed by atoms with E-state index in [4.69, 9.17) is 17.3 Å². The molecule has 1 unspecified atom stereocenters. The Morgan fingerprint density at radius 1 is 1.50 bits per heavy atom. The molecule has 1 fully saturated rings. The van der Waals surface area contributed by atoms with Crippen LogP contribution < -0.4 is 5.73 Å². The molecule has 0 bridgehead atoms. The van der Waals surface area contributed by atoms with Gasteiger partial charge in [0.05, 0.1) is 0 Å². The van der Waals surface area contributed by atoms with Crippen LogP contribution in [0.25, 0.3) is 0 Å². The predicted octanol–water partition coefficient (Wildman–Crippen LogP) is 2.57. The number of piperidine rings is 1. The topological polar surface area (TPSA) is 29.3 Å². The Morgan fingerprint density at radius 3 is 3.06 bits per heavy atom. The second kappa shape index (κ2) is 5.17. The summed E-state index contributed by atoms with van der Waals surface area (Å²) >= 11 is 6.12. The lowest BCUT2D eigenvalue weighted by atomic mass is 10.0. The minimum Gasteiger partial charge on any atom is -0.327 e.